The number of carbonyl (C=O) groups excluding carboxylic acids is 1. The van der Waals surface area contributed by atoms with Crippen LogP contribution in [0, 0.1) is 6.92 Å². The molecule has 1 rings (SSSR count). The minimum Gasteiger partial charge on any atom is -0.479 e. The Kier molecular flexibility index (Phi) is 6.82. The number of aryl methyl sites for hydroxylation is 1. The smallest absolute Gasteiger partial charge is 0.260 e. The van der Waals surface area contributed by atoms with E-state index in [0.29, 0.717) is 17.2 Å². The average molecular weight is 300 g/mol. The molecule has 1 aromatic rings. The zero-order valence-corrected chi connectivity index (χ0v) is 12.9. The standard InChI is InChI=1S/C15H22ClNO3/c1-4-12(7-8-18)17-15(19)11(3)20-14-9-10(2)5-6-13(14)16/h5-6,9,11-12,18H,4,7-8H2,1-3H3,(H,17,19). The summed E-state index contributed by atoms with van der Waals surface area (Å²) in [5, 5.41) is 12.3. The third-order valence-electron chi connectivity index (χ3n) is 3.08. The van der Waals surface area contributed by atoms with E-state index in [4.69, 9.17) is 21.4 Å². The molecule has 4 nitrogen and oxygen atoms in total. The van der Waals surface area contributed by atoms with Crippen molar-refractivity contribution < 1.29 is 14.6 Å². The number of aliphatic hydroxyl groups excluding tert-OH is 1. The number of amides is 1. The van der Waals surface area contributed by atoms with Gasteiger partial charge in [0.2, 0.25) is 0 Å². The molecular weight excluding hydrogens is 278 g/mol. The van der Waals surface area contributed by atoms with Gasteiger partial charge in [-0.3, -0.25) is 4.79 Å². The minimum absolute atomic E-state index is 0.0356. The second kappa shape index (κ2) is 8.12. The van der Waals surface area contributed by atoms with Gasteiger partial charge in [0, 0.05) is 12.6 Å². The van der Waals surface area contributed by atoms with Crippen molar-refractivity contribution in [3.8, 4) is 5.75 Å². The molecule has 2 N–H and O–H groups in total. The van der Waals surface area contributed by atoms with E-state index in [2.05, 4.69) is 5.32 Å². The van der Waals surface area contributed by atoms with Crippen LogP contribution in [0.15, 0.2) is 18.2 Å². The molecule has 112 valence electrons. The van der Waals surface area contributed by atoms with Gasteiger partial charge in [-0.1, -0.05) is 24.6 Å². The zero-order chi connectivity index (χ0) is 15.1. The Hall–Kier alpha value is -1.26. The summed E-state index contributed by atoms with van der Waals surface area (Å²) in [5.41, 5.74) is 1.02. The molecule has 0 saturated heterocycles. The summed E-state index contributed by atoms with van der Waals surface area (Å²) in [7, 11) is 0. The second-order valence-electron chi connectivity index (χ2n) is 4.82. The first kappa shape index (κ1) is 16.8. The Balaban J connectivity index is 2.63. The largest absolute Gasteiger partial charge is 0.479 e. The van der Waals surface area contributed by atoms with Gasteiger partial charge in [0.05, 0.1) is 5.02 Å². The van der Waals surface area contributed by atoms with Crippen LogP contribution in [0.25, 0.3) is 0 Å². The highest BCUT2D eigenvalue weighted by atomic mass is 35.5. The summed E-state index contributed by atoms with van der Waals surface area (Å²) in [6.45, 7) is 5.63. The maximum Gasteiger partial charge on any atom is 0.260 e. The van der Waals surface area contributed by atoms with Crippen molar-refractivity contribution in [3.05, 3.63) is 28.8 Å². The number of carbonyl (C=O) groups is 1. The molecule has 2 atom stereocenters. The van der Waals surface area contributed by atoms with Crippen molar-refractivity contribution >= 4 is 17.5 Å². The van der Waals surface area contributed by atoms with Crippen molar-refractivity contribution in [3.63, 3.8) is 0 Å². The number of nitrogens with one attached hydrogen (secondary N) is 1. The fourth-order valence-electron chi connectivity index (χ4n) is 1.80. The predicted molar refractivity (Wildman–Crippen MR) is 80.2 cm³/mol. The fourth-order valence-corrected chi connectivity index (χ4v) is 1.96. The van der Waals surface area contributed by atoms with Crippen molar-refractivity contribution in [1.29, 1.82) is 0 Å². The lowest BCUT2D eigenvalue weighted by atomic mass is 10.1. The lowest BCUT2D eigenvalue weighted by molar-refractivity contribution is -0.128. The fraction of sp³-hybridized carbons (Fsp3) is 0.533. The molecule has 0 saturated carbocycles. The highest BCUT2D eigenvalue weighted by molar-refractivity contribution is 6.32. The van der Waals surface area contributed by atoms with Crippen LogP contribution in [0.4, 0.5) is 0 Å². The normalized spacial score (nSPS) is 13.7. The first-order chi connectivity index (χ1) is 9.47. The number of hydrogen-bond donors (Lipinski definition) is 2. The molecule has 5 heteroatoms. The van der Waals surface area contributed by atoms with Crippen LogP contribution < -0.4 is 10.1 Å². The number of aliphatic hydroxyl groups is 1. The third-order valence-corrected chi connectivity index (χ3v) is 3.39. The number of rotatable bonds is 7. The molecule has 0 spiro atoms. The quantitative estimate of drug-likeness (QED) is 0.814. The van der Waals surface area contributed by atoms with E-state index < -0.39 is 6.10 Å². The number of hydrogen-bond acceptors (Lipinski definition) is 3. The van der Waals surface area contributed by atoms with E-state index in [9.17, 15) is 4.79 Å². The highest BCUT2D eigenvalue weighted by Gasteiger charge is 2.19. The Morgan fingerprint density at radius 3 is 2.80 bits per heavy atom. The van der Waals surface area contributed by atoms with Crippen molar-refractivity contribution in [1.82, 2.24) is 5.32 Å². The topological polar surface area (TPSA) is 58.6 Å². The van der Waals surface area contributed by atoms with Gasteiger partial charge >= 0.3 is 0 Å². The number of benzene rings is 1. The Morgan fingerprint density at radius 1 is 1.50 bits per heavy atom. The van der Waals surface area contributed by atoms with Gasteiger partial charge in [-0.15, -0.1) is 0 Å². The molecule has 0 aliphatic rings. The molecule has 0 radical (unpaired) electrons. The van der Waals surface area contributed by atoms with Crippen molar-refractivity contribution in [2.75, 3.05) is 6.61 Å². The molecule has 0 aromatic heterocycles. The molecule has 0 aliphatic heterocycles. The van der Waals surface area contributed by atoms with Crippen LogP contribution in [-0.2, 0) is 4.79 Å². The summed E-state index contributed by atoms with van der Waals surface area (Å²) < 4.78 is 5.60. The molecule has 0 aliphatic carbocycles. The predicted octanol–water partition coefficient (Wildman–Crippen LogP) is 2.69. The van der Waals surface area contributed by atoms with E-state index in [1.165, 1.54) is 0 Å². The van der Waals surface area contributed by atoms with Crippen LogP contribution in [0.2, 0.25) is 5.02 Å². The SMILES string of the molecule is CCC(CCO)NC(=O)C(C)Oc1cc(C)ccc1Cl. The summed E-state index contributed by atoms with van der Waals surface area (Å²) in [6, 6.07) is 5.40. The molecule has 1 aromatic carbocycles. The summed E-state index contributed by atoms with van der Waals surface area (Å²) in [4.78, 5) is 12.0. The van der Waals surface area contributed by atoms with Crippen LogP contribution in [0.3, 0.4) is 0 Å². The monoisotopic (exact) mass is 299 g/mol. The van der Waals surface area contributed by atoms with Gasteiger partial charge in [0.1, 0.15) is 5.75 Å². The first-order valence-corrected chi connectivity index (χ1v) is 7.19. The van der Waals surface area contributed by atoms with Gasteiger partial charge < -0.3 is 15.2 Å². The summed E-state index contributed by atoms with van der Waals surface area (Å²) in [6.07, 6.45) is 0.673. The van der Waals surface area contributed by atoms with E-state index in [-0.39, 0.29) is 18.6 Å². The molecule has 20 heavy (non-hydrogen) atoms. The van der Waals surface area contributed by atoms with Gasteiger partial charge in [-0.25, -0.2) is 0 Å². The van der Waals surface area contributed by atoms with Crippen molar-refractivity contribution in [2.45, 2.75) is 45.8 Å². The zero-order valence-electron chi connectivity index (χ0n) is 12.1. The lowest BCUT2D eigenvalue weighted by Crippen LogP contribution is -2.42. The summed E-state index contributed by atoms with van der Waals surface area (Å²) >= 11 is 6.04. The van der Waals surface area contributed by atoms with E-state index in [1.54, 1.807) is 19.1 Å². The Morgan fingerprint density at radius 2 is 2.20 bits per heavy atom. The van der Waals surface area contributed by atoms with Crippen LogP contribution in [0.5, 0.6) is 5.75 Å². The Bertz CT molecular complexity index is 451. The molecule has 2 unspecified atom stereocenters. The van der Waals surface area contributed by atoms with Gasteiger partial charge in [-0.2, -0.15) is 0 Å². The molecule has 1 amide bonds. The highest BCUT2D eigenvalue weighted by Crippen LogP contribution is 2.26. The second-order valence-corrected chi connectivity index (χ2v) is 5.23. The van der Waals surface area contributed by atoms with E-state index in [1.807, 2.05) is 19.9 Å². The molecular formula is C15H22ClNO3. The van der Waals surface area contributed by atoms with Crippen LogP contribution in [-0.4, -0.2) is 29.8 Å². The summed E-state index contributed by atoms with van der Waals surface area (Å²) in [5.74, 6) is 0.299. The Labute approximate surface area is 125 Å². The molecule has 0 heterocycles. The average Bonchev–Trinajstić information content (AvgIpc) is 2.42. The van der Waals surface area contributed by atoms with E-state index >= 15 is 0 Å². The van der Waals surface area contributed by atoms with Gasteiger partial charge in [-0.05, 0) is 44.4 Å². The first-order valence-electron chi connectivity index (χ1n) is 6.82. The van der Waals surface area contributed by atoms with Gasteiger partial charge in [0.15, 0.2) is 6.10 Å². The molecule has 0 bridgehead atoms. The van der Waals surface area contributed by atoms with Gasteiger partial charge in [0.25, 0.3) is 5.91 Å². The minimum atomic E-state index is -0.637. The number of ether oxygens (including phenoxy) is 1. The van der Waals surface area contributed by atoms with E-state index in [0.717, 1.165) is 12.0 Å². The van der Waals surface area contributed by atoms with Crippen LogP contribution >= 0.6 is 11.6 Å². The maximum absolute atomic E-state index is 12.0. The van der Waals surface area contributed by atoms with Crippen LogP contribution in [0.1, 0.15) is 32.3 Å². The third kappa shape index (κ3) is 5.02. The number of halogens is 1. The lowest BCUT2D eigenvalue weighted by Gasteiger charge is -2.20. The van der Waals surface area contributed by atoms with Crippen molar-refractivity contribution in [2.24, 2.45) is 0 Å². The molecule has 0 fully saturated rings. The maximum atomic E-state index is 12.0.